The molecule has 0 radical (unpaired) electrons. The van der Waals surface area contributed by atoms with Gasteiger partial charge in [0.25, 0.3) is 0 Å². The Morgan fingerprint density at radius 2 is 1.70 bits per heavy atom. The fourth-order valence-corrected chi connectivity index (χ4v) is 2.63. The number of amides is 1. The maximum Gasteiger partial charge on any atom is 0.240 e. The molecule has 0 spiro atoms. The molecule has 1 amide bonds. The lowest BCUT2D eigenvalue weighted by Crippen LogP contribution is -2.37. The van der Waals surface area contributed by atoms with Crippen LogP contribution in [-0.2, 0) is 4.79 Å². The summed E-state index contributed by atoms with van der Waals surface area (Å²) in [5, 5.41) is -0.224. The van der Waals surface area contributed by atoms with E-state index in [1.165, 1.54) is 7.05 Å². The molecular weight excluding hydrogens is 346 g/mol. The number of Topliss-reactive ketones (excluding diaryl/α,β-unsaturated/α-hetero) is 2. The summed E-state index contributed by atoms with van der Waals surface area (Å²) in [5.74, 6) is -1.22. The summed E-state index contributed by atoms with van der Waals surface area (Å²) in [6, 6.07) is 6.42. The lowest BCUT2D eigenvalue weighted by atomic mass is 9.92. The molecule has 0 bridgehead atoms. The van der Waals surface area contributed by atoms with Gasteiger partial charge in [0.2, 0.25) is 17.5 Å². The summed E-state index contributed by atoms with van der Waals surface area (Å²) in [4.78, 5) is 37.2. The van der Waals surface area contributed by atoms with Crippen LogP contribution >= 0.6 is 27.5 Å². The highest BCUT2D eigenvalue weighted by atomic mass is 79.9. The van der Waals surface area contributed by atoms with E-state index in [0.29, 0.717) is 0 Å². The van der Waals surface area contributed by atoms with E-state index in [9.17, 15) is 14.4 Å². The standard InChI is InChI=1S/C14H11BrClNO3/c1-7(15)14(20)17(2)11-10(16)12(18)8-5-3-4-6-9(8)13(11)19/h3-7H,1-2H3. The van der Waals surface area contributed by atoms with Crippen molar-refractivity contribution in [2.24, 2.45) is 0 Å². The zero-order valence-electron chi connectivity index (χ0n) is 10.8. The summed E-state index contributed by atoms with van der Waals surface area (Å²) >= 11 is 9.14. The maximum absolute atomic E-state index is 12.4. The van der Waals surface area contributed by atoms with Crippen molar-refractivity contribution < 1.29 is 14.4 Å². The normalized spacial score (nSPS) is 16.0. The van der Waals surface area contributed by atoms with Crippen LogP contribution in [0, 0.1) is 0 Å². The van der Waals surface area contributed by atoms with Gasteiger partial charge in [0.1, 0.15) is 10.7 Å². The zero-order chi connectivity index (χ0) is 15.0. The van der Waals surface area contributed by atoms with Crippen molar-refractivity contribution in [2.45, 2.75) is 11.8 Å². The van der Waals surface area contributed by atoms with E-state index >= 15 is 0 Å². The number of allylic oxidation sites excluding steroid dienone is 2. The minimum absolute atomic E-state index is 0.0772. The van der Waals surface area contributed by atoms with Gasteiger partial charge in [-0.25, -0.2) is 0 Å². The lowest BCUT2D eigenvalue weighted by molar-refractivity contribution is -0.127. The van der Waals surface area contributed by atoms with Crippen molar-refractivity contribution in [1.82, 2.24) is 4.90 Å². The first kappa shape index (κ1) is 14.9. The molecule has 1 aromatic carbocycles. The largest absolute Gasteiger partial charge is 0.310 e. The molecule has 104 valence electrons. The van der Waals surface area contributed by atoms with Crippen LogP contribution in [0.5, 0.6) is 0 Å². The summed E-state index contributed by atoms with van der Waals surface area (Å²) in [6.45, 7) is 1.64. The van der Waals surface area contributed by atoms with Gasteiger partial charge >= 0.3 is 0 Å². The second-order valence-corrected chi connectivity index (χ2v) is 6.13. The number of ketones is 2. The molecule has 1 atom stereocenters. The van der Waals surface area contributed by atoms with E-state index in [-0.39, 0.29) is 27.8 Å². The van der Waals surface area contributed by atoms with Crippen LogP contribution in [0.3, 0.4) is 0 Å². The molecule has 0 aliphatic heterocycles. The molecule has 1 aliphatic rings. The number of rotatable bonds is 2. The van der Waals surface area contributed by atoms with E-state index in [0.717, 1.165) is 4.90 Å². The summed E-state index contributed by atoms with van der Waals surface area (Å²) in [6.07, 6.45) is 0. The molecule has 0 fully saturated rings. The third-order valence-corrected chi connectivity index (χ3v) is 3.79. The van der Waals surface area contributed by atoms with Gasteiger partial charge in [0.15, 0.2) is 0 Å². The molecule has 1 unspecified atom stereocenters. The Labute approximate surface area is 129 Å². The number of alkyl halides is 1. The van der Waals surface area contributed by atoms with Crippen molar-refractivity contribution in [2.75, 3.05) is 7.05 Å². The van der Waals surface area contributed by atoms with Gasteiger partial charge in [-0.15, -0.1) is 0 Å². The predicted molar refractivity (Wildman–Crippen MR) is 79.1 cm³/mol. The molecule has 1 aliphatic carbocycles. The Kier molecular flexibility index (Phi) is 4.11. The van der Waals surface area contributed by atoms with E-state index < -0.39 is 16.4 Å². The molecule has 0 N–H and O–H groups in total. The fourth-order valence-electron chi connectivity index (χ4n) is 2.01. The SMILES string of the molecule is CC(Br)C(=O)N(C)C1=C(Cl)C(=O)c2ccccc2C1=O. The van der Waals surface area contributed by atoms with Crippen LogP contribution in [0.25, 0.3) is 0 Å². The van der Waals surface area contributed by atoms with E-state index in [4.69, 9.17) is 11.6 Å². The molecule has 2 rings (SSSR count). The van der Waals surface area contributed by atoms with Crippen LogP contribution in [-0.4, -0.2) is 34.2 Å². The van der Waals surface area contributed by atoms with Crippen molar-refractivity contribution in [1.29, 1.82) is 0 Å². The quantitative estimate of drug-likeness (QED) is 0.766. The molecule has 0 saturated heterocycles. The van der Waals surface area contributed by atoms with Crippen LogP contribution in [0.2, 0.25) is 0 Å². The van der Waals surface area contributed by atoms with Gasteiger partial charge in [0.05, 0.1) is 4.83 Å². The highest BCUT2D eigenvalue weighted by molar-refractivity contribution is 9.10. The second kappa shape index (κ2) is 5.50. The minimum atomic E-state index is -0.482. The first-order valence-corrected chi connectivity index (χ1v) is 7.15. The monoisotopic (exact) mass is 355 g/mol. The van der Waals surface area contributed by atoms with Gasteiger partial charge in [-0.1, -0.05) is 51.8 Å². The predicted octanol–water partition coefficient (Wildman–Crippen LogP) is 2.76. The highest BCUT2D eigenvalue weighted by Gasteiger charge is 2.35. The van der Waals surface area contributed by atoms with Crippen molar-refractivity contribution in [3.8, 4) is 0 Å². The number of likely N-dealkylation sites (N-methyl/N-ethyl adjacent to an activating group) is 1. The number of benzene rings is 1. The fraction of sp³-hybridized carbons (Fsp3) is 0.214. The molecule has 0 heterocycles. The van der Waals surface area contributed by atoms with Crippen molar-refractivity contribution in [3.05, 3.63) is 46.1 Å². The number of carbonyl (C=O) groups excluding carboxylic acids is 3. The molecule has 4 nitrogen and oxygen atoms in total. The molecule has 6 heteroatoms. The number of halogens is 2. The summed E-state index contributed by atoms with van der Waals surface area (Å²) < 4.78 is 0. The van der Waals surface area contributed by atoms with E-state index in [1.54, 1.807) is 31.2 Å². The molecule has 0 aromatic heterocycles. The van der Waals surface area contributed by atoms with Crippen molar-refractivity contribution >= 4 is 45.0 Å². The molecule has 20 heavy (non-hydrogen) atoms. The smallest absolute Gasteiger partial charge is 0.240 e. The highest BCUT2D eigenvalue weighted by Crippen LogP contribution is 2.30. The Morgan fingerprint density at radius 1 is 1.20 bits per heavy atom. The minimum Gasteiger partial charge on any atom is -0.310 e. The second-order valence-electron chi connectivity index (χ2n) is 4.38. The van der Waals surface area contributed by atoms with Crippen LogP contribution < -0.4 is 0 Å². The summed E-state index contributed by atoms with van der Waals surface area (Å²) in [7, 11) is 1.43. The number of fused-ring (bicyclic) bond motifs is 1. The molecule has 0 saturated carbocycles. The van der Waals surface area contributed by atoms with Gasteiger partial charge < -0.3 is 4.90 Å². The first-order chi connectivity index (χ1) is 9.36. The van der Waals surface area contributed by atoms with Crippen molar-refractivity contribution in [3.63, 3.8) is 0 Å². The molecular formula is C14H11BrClNO3. The number of nitrogens with zero attached hydrogens (tertiary/aromatic N) is 1. The summed E-state index contributed by atoms with van der Waals surface area (Å²) in [5.41, 5.74) is 0.449. The first-order valence-electron chi connectivity index (χ1n) is 5.86. The maximum atomic E-state index is 12.4. The van der Waals surface area contributed by atoms with Crippen LogP contribution in [0.15, 0.2) is 35.0 Å². The third-order valence-electron chi connectivity index (χ3n) is 3.04. The van der Waals surface area contributed by atoms with E-state index in [2.05, 4.69) is 15.9 Å². The van der Waals surface area contributed by atoms with Gasteiger partial charge in [0, 0.05) is 18.2 Å². The van der Waals surface area contributed by atoms with E-state index in [1.807, 2.05) is 0 Å². The Balaban J connectivity index is 2.55. The number of hydrogen-bond donors (Lipinski definition) is 0. The number of carbonyl (C=O) groups is 3. The molecule has 1 aromatic rings. The van der Waals surface area contributed by atoms with Gasteiger partial charge in [-0.05, 0) is 6.92 Å². The average molecular weight is 357 g/mol. The lowest BCUT2D eigenvalue weighted by Gasteiger charge is -2.25. The number of hydrogen-bond acceptors (Lipinski definition) is 3. The Morgan fingerprint density at radius 3 is 2.20 bits per heavy atom. The Bertz CT molecular complexity index is 652. The Hall–Kier alpha value is -1.46. The third kappa shape index (κ3) is 2.31. The van der Waals surface area contributed by atoms with Gasteiger partial charge in [-0.3, -0.25) is 14.4 Å². The van der Waals surface area contributed by atoms with Crippen LogP contribution in [0.4, 0.5) is 0 Å². The average Bonchev–Trinajstić information content (AvgIpc) is 2.44. The topological polar surface area (TPSA) is 54.5 Å². The zero-order valence-corrected chi connectivity index (χ0v) is 13.2. The van der Waals surface area contributed by atoms with Gasteiger partial charge in [-0.2, -0.15) is 0 Å². The van der Waals surface area contributed by atoms with Crippen LogP contribution in [0.1, 0.15) is 27.6 Å².